The second-order valence-electron chi connectivity index (χ2n) is 5.82. The molecule has 0 radical (unpaired) electrons. The highest BCUT2D eigenvalue weighted by atomic mass is 32.2. The normalized spacial score (nSPS) is 17.0. The Labute approximate surface area is 131 Å². The molecule has 1 atom stereocenters. The zero-order chi connectivity index (χ0) is 16.5. The fourth-order valence-electron chi connectivity index (χ4n) is 2.49. The molecule has 1 fully saturated rings. The van der Waals surface area contributed by atoms with Crippen LogP contribution in [0.15, 0.2) is 18.2 Å². The Bertz CT molecular complexity index is 646. The quantitative estimate of drug-likeness (QED) is 0.870. The fraction of sp³-hybridized carbons (Fsp3) is 0.533. The van der Waals surface area contributed by atoms with E-state index in [9.17, 15) is 13.2 Å². The first kappa shape index (κ1) is 16.8. The van der Waals surface area contributed by atoms with E-state index < -0.39 is 16.1 Å². The van der Waals surface area contributed by atoms with Gasteiger partial charge in [0.05, 0.1) is 25.4 Å². The van der Waals surface area contributed by atoms with Crippen molar-refractivity contribution in [3.05, 3.63) is 29.3 Å². The number of likely N-dealkylation sites (tertiary alicyclic amines) is 1. The second kappa shape index (κ2) is 6.26. The SMILES string of the molecule is Cc1cccc(C)c1OC1CN(C(=O)C(C)NS(C)(=O)=O)C1. The summed E-state index contributed by atoms with van der Waals surface area (Å²) >= 11 is 0. The molecule has 1 aliphatic rings. The largest absolute Gasteiger partial charge is 0.486 e. The van der Waals surface area contributed by atoms with Crippen LogP contribution in [0.4, 0.5) is 0 Å². The van der Waals surface area contributed by atoms with E-state index in [1.165, 1.54) is 0 Å². The number of amides is 1. The maximum Gasteiger partial charge on any atom is 0.240 e. The number of rotatable bonds is 5. The van der Waals surface area contributed by atoms with E-state index >= 15 is 0 Å². The summed E-state index contributed by atoms with van der Waals surface area (Å²) < 4.78 is 30.5. The predicted octanol–water partition coefficient (Wildman–Crippen LogP) is 0.831. The molecule has 6 nitrogen and oxygen atoms in total. The minimum absolute atomic E-state index is 0.0471. The number of para-hydroxylation sites is 1. The van der Waals surface area contributed by atoms with Crippen LogP contribution in [0.3, 0.4) is 0 Å². The van der Waals surface area contributed by atoms with Crippen molar-refractivity contribution in [1.29, 1.82) is 0 Å². The van der Waals surface area contributed by atoms with Crippen molar-refractivity contribution in [2.45, 2.75) is 32.9 Å². The predicted molar refractivity (Wildman–Crippen MR) is 84.4 cm³/mol. The lowest BCUT2D eigenvalue weighted by Gasteiger charge is -2.40. The van der Waals surface area contributed by atoms with Gasteiger partial charge in [-0.1, -0.05) is 18.2 Å². The third-order valence-electron chi connectivity index (χ3n) is 3.61. The molecule has 1 N–H and O–H groups in total. The molecule has 0 spiro atoms. The first-order valence-corrected chi connectivity index (χ1v) is 9.05. The molecule has 1 unspecified atom stereocenters. The zero-order valence-corrected chi connectivity index (χ0v) is 14.1. The lowest BCUT2D eigenvalue weighted by atomic mass is 10.1. The molecule has 0 bridgehead atoms. The van der Waals surface area contributed by atoms with Crippen LogP contribution in [0.5, 0.6) is 5.75 Å². The van der Waals surface area contributed by atoms with E-state index in [4.69, 9.17) is 4.74 Å². The van der Waals surface area contributed by atoms with Gasteiger partial charge in [-0.25, -0.2) is 13.1 Å². The summed E-state index contributed by atoms with van der Waals surface area (Å²) in [6.45, 7) is 6.47. The maximum atomic E-state index is 12.1. The smallest absolute Gasteiger partial charge is 0.240 e. The summed E-state index contributed by atoms with van der Waals surface area (Å²) in [6.07, 6.45) is 0.994. The van der Waals surface area contributed by atoms with Crippen molar-refractivity contribution in [2.75, 3.05) is 19.3 Å². The summed E-state index contributed by atoms with van der Waals surface area (Å²) in [7, 11) is -3.39. The van der Waals surface area contributed by atoms with E-state index in [-0.39, 0.29) is 12.0 Å². The van der Waals surface area contributed by atoms with Gasteiger partial charge in [-0.3, -0.25) is 4.79 Å². The highest BCUT2D eigenvalue weighted by molar-refractivity contribution is 7.88. The van der Waals surface area contributed by atoms with Crippen LogP contribution in [0.1, 0.15) is 18.1 Å². The Hall–Kier alpha value is -1.60. The molecule has 1 heterocycles. The van der Waals surface area contributed by atoms with Crippen molar-refractivity contribution in [3.63, 3.8) is 0 Å². The van der Waals surface area contributed by atoms with Gasteiger partial charge in [-0.05, 0) is 31.9 Å². The maximum absolute atomic E-state index is 12.1. The van der Waals surface area contributed by atoms with Gasteiger partial charge in [0, 0.05) is 0 Å². The summed E-state index contributed by atoms with van der Waals surface area (Å²) in [5.41, 5.74) is 2.13. The molecule has 0 aliphatic carbocycles. The number of benzene rings is 1. The van der Waals surface area contributed by atoms with Gasteiger partial charge in [0.1, 0.15) is 11.9 Å². The highest BCUT2D eigenvalue weighted by Gasteiger charge is 2.35. The number of hydrogen-bond acceptors (Lipinski definition) is 4. The third-order valence-corrected chi connectivity index (χ3v) is 4.40. The van der Waals surface area contributed by atoms with Gasteiger partial charge < -0.3 is 9.64 Å². The van der Waals surface area contributed by atoms with Gasteiger partial charge in [-0.2, -0.15) is 0 Å². The van der Waals surface area contributed by atoms with Gasteiger partial charge in [-0.15, -0.1) is 0 Å². The average molecular weight is 326 g/mol. The standard InChI is InChI=1S/C15H22N2O4S/c1-10-6-5-7-11(2)14(10)21-13-8-17(9-13)15(18)12(3)16-22(4,19)20/h5-7,12-13,16H,8-9H2,1-4H3. The first-order chi connectivity index (χ1) is 10.2. The molecule has 1 aliphatic heterocycles. The molecular formula is C15H22N2O4S. The number of nitrogens with zero attached hydrogens (tertiary/aromatic N) is 1. The van der Waals surface area contributed by atoms with Crippen LogP contribution in [0, 0.1) is 13.8 Å². The van der Waals surface area contributed by atoms with Crippen LogP contribution in [0.25, 0.3) is 0 Å². The summed E-state index contributed by atoms with van der Waals surface area (Å²) in [5.74, 6) is 0.633. The zero-order valence-electron chi connectivity index (χ0n) is 13.3. The lowest BCUT2D eigenvalue weighted by molar-refractivity contribution is -0.141. The van der Waals surface area contributed by atoms with Crippen LogP contribution in [0.2, 0.25) is 0 Å². The number of carbonyl (C=O) groups excluding carboxylic acids is 1. The number of nitrogens with one attached hydrogen (secondary N) is 1. The van der Waals surface area contributed by atoms with Gasteiger partial charge in [0.15, 0.2) is 0 Å². The molecule has 0 aromatic heterocycles. The first-order valence-electron chi connectivity index (χ1n) is 7.16. The number of hydrogen-bond donors (Lipinski definition) is 1. The third kappa shape index (κ3) is 3.98. The number of carbonyl (C=O) groups is 1. The summed E-state index contributed by atoms with van der Waals surface area (Å²) in [4.78, 5) is 13.7. The average Bonchev–Trinajstić information content (AvgIpc) is 2.33. The van der Waals surface area contributed by atoms with Gasteiger partial charge >= 0.3 is 0 Å². The fourth-order valence-corrected chi connectivity index (χ4v) is 3.23. The molecule has 1 saturated heterocycles. The summed E-state index contributed by atoms with van der Waals surface area (Å²) in [6, 6.07) is 5.20. The van der Waals surface area contributed by atoms with E-state index in [0.29, 0.717) is 13.1 Å². The highest BCUT2D eigenvalue weighted by Crippen LogP contribution is 2.26. The molecule has 0 saturated carbocycles. The topological polar surface area (TPSA) is 75.7 Å². The molecule has 1 aromatic rings. The Morgan fingerprint density at radius 2 is 1.86 bits per heavy atom. The van der Waals surface area contributed by atoms with Crippen LogP contribution in [-0.4, -0.2) is 50.7 Å². The van der Waals surface area contributed by atoms with E-state index in [2.05, 4.69) is 4.72 Å². The van der Waals surface area contributed by atoms with Gasteiger partial charge in [0.2, 0.25) is 15.9 Å². The van der Waals surface area contributed by atoms with Crippen LogP contribution >= 0.6 is 0 Å². The van der Waals surface area contributed by atoms with E-state index in [0.717, 1.165) is 23.1 Å². The molecule has 1 aromatic carbocycles. The number of sulfonamides is 1. The minimum Gasteiger partial charge on any atom is -0.486 e. The van der Waals surface area contributed by atoms with Crippen molar-refractivity contribution in [1.82, 2.24) is 9.62 Å². The van der Waals surface area contributed by atoms with Crippen molar-refractivity contribution < 1.29 is 17.9 Å². The number of aryl methyl sites for hydroxylation is 2. The molecule has 2 rings (SSSR count). The van der Waals surface area contributed by atoms with Crippen LogP contribution in [-0.2, 0) is 14.8 Å². The lowest BCUT2D eigenvalue weighted by Crippen LogP contribution is -2.60. The van der Waals surface area contributed by atoms with Gasteiger partial charge in [0.25, 0.3) is 0 Å². The molecular weight excluding hydrogens is 304 g/mol. The molecule has 1 amide bonds. The molecule has 7 heteroatoms. The van der Waals surface area contributed by atoms with E-state index in [1.807, 2.05) is 32.0 Å². The Kier molecular flexibility index (Phi) is 4.77. The number of ether oxygens (including phenoxy) is 1. The Balaban J connectivity index is 1.89. The summed E-state index contributed by atoms with van der Waals surface area (Å²) in [5, 5.41) is 0. The Morgan fingerprint density at radius 3 is 2.36 bits per heavy atom. The van der Waals surface area contributed by atoms with Crippen molar-refractivity contribution >= 4 is 15.9 Å². The van der Waals surface area contributed by atoms with Crippen molar-refractivity contribution in [3.8, 4) is 5.75 Å². The second-order valence-corrected chi connectivity index (χ2v) is 7.60. The molecule has 122 valence electrons. The van der Waals surface area contributed by atoms with Crippen molar-refractivity contribution in [2.24, 2.45) is 0 Å². The van der Waals surface area contributed by atoms with Crippen LogP contribution < -0.4 is 9.46 Å². The van der Waals surface area contributed by atoms with E-state index in [1.54, 1.807) is 11.8 Å². The monoisotopic (exact) mass is 326 g/mol. The minimum atomic E-state index is -3.39. The Morgan fingerprint density at radius 1 is 1.32 bits per heavy atom. The molecule has 22 heavy (non-hydrogen) atoms.